The van der Waals surface area contributed by atoms with Gasteiger partial charge in [0.25, 0.3) is 11.2 Å². The molecule has 0 N–H and O–H groups in total. The molecule has 4 aromatic rings. The largest absolute Gasteiger partial charge is 0.363 e. The Bertz CT molecular complexity index is 1640. The van der Waals surface area contributed by atoms with Crippen molar-refractivity contribution >= 4 is 11.4 Å². The molecule has 0 saturated carbocycles. The summed E-state index contributed by atoms with van der Waals surface area (Å²) in [6, 6.07) is 19.5. The number of hydrogen-bond donors (Lipinski definition) is 0. The van der Waals surface area contributed by atoms with Crippen LogP contribution in [0.15, 0.2) is 88.6 Å². The van der Waals surface area contributed by atoms with Crippen LogP contribution >= 0.6 is 0 Å². The molecule has 9 nitrogen and oxygen atoms in total. The first-order valence-electron chi connectivity index (χ1n) is 13.3. The van der Waals surface area contributed by atoms with Gasteiger partial charge in [-0.15, -0.1) is 0 Å². The molecule has 1 saturated heterocycles. The molecule has 0 unspecified atom stereocenters. The lowest BCUT2D eigenvalue weighted by molar-refractivity contribution is -0.384. The van der Waals surface area contributed by atoms with Gasteiger partial charge < -0.3 is 4.90 Å². The molecule has 3 aromatic carbocycles. The molecule has 0 aliphatic carbocycles. The maximum absolute atomic E-state index is 14.5. The Labute approximate surface area is 234 Å². The van der Waals surface area contributed by atoms with E-state index in [9.17, 15) is 28.5 Å². The van der Waals surface area contributed by atoms with Gasteiger partial charge in [-0.05, 0) is 29.7 Å². The van der Waals surface area contributed by atoms with Crippen LogP contribution in [0.4, 0.5) is 20.2 Å². The number of aryl methyl sites for hydroxylation is 1. The minimum atomic E-state index is -0.768. The summed E-state index contributed by atoms with van der Waals surface area (Å²) in [4.78, 5) is 41.7. The van der Waals surface area contributed by atoms with Gasteiger partial charge in [-0.3, -0.25) is 28.9 Å². The molecule has 0 bridgehead atoms. The van der Waals surface area contributed by atoms with E-state index in [-0.39, 0.29) is 30.0 Å². The molecule has 11 heteroatoms. The number of halogens is 2. The molecule has 1 aromatic heterocycles. The fourth-order valence-corrected chi connectivity index (χ4v) is 5.08. The zero-order chi connectivity index (χ0) is 28.9. The summed E-state index contributed by atoms with van der Waals surface area (Å²) in [6.07, 6.45) is 1.83. The van der Waals surface area contributed by atoms with Crippen molar-refractivity contribution in [1.29, 1.82) is 0 Å². The molecule has 0 spiro atoms. The summed E-state index contributed by atoms with van der Waals surface area (Å²) in [5, 5.41) is 11.1. The second-order valence-electron chi connectivity index (χ2n) is 10.0. The lowest BCUT2D eigenvalue weighted by atomic mass is 10.1. The Kier molecular flexibility index (Phi) is 8.34. The molecule has 41 heavy (non-hydrogen) atoms. The molecule has 212 valence electrons. The standard InChI is InChI=1S/C30H29F2N5O4/c31-26-10-5-11-27(32)25(26)20-35-21-28(29(38)36(30(35)39)13-12-22-6-2-1-3-7-22)34-16-14-33(15-17-34)19-23-8-4-9-24(18-23)37(40)41/h1-11,18,21H,12-17,19-20H2. The van der Waals surface area contributed by atoms with Crippen LogP contribution in [0, 0.1) is 21.7 Å². The SMILES string of the molecule is O=c1c(N2CCN(Cc3cccc([N+](=O)[O-])c3)CC2)cn(Cc2c(F)cccc2F)c(=O)n1CCc1ccccc1. The van der Waals surface area contributed by atoms with Crippen molar-refractivity contribution < 1.29 is 13.7 Å². The summed E-state index contributed by atoms with van der Waals surface area (Å²) in [5.74, 6) is -1.54. The maximum Gasteiger partial charge on any atom is 0.331 e. The number of piperazine rings is 1. The average Bonchev–Trinajstić information content (AvgIpc) is 2.97. The summed E-state index contributed by atoms with van der Waals surface area (Å²) in [7, 11) is 0. The van der Waals surface area contributed by atoms with E-state index < -0.39 is 27.8 Å². The highest BCUT2D eigenvalue weighted by Crippen LogP contribution is 2.18. The number of anilines is 1. The minimum absolute atomic E-state index is 0.0331. The van der Waals surface area contributed by atoms with Gasteiger partial charge in [0.05, 0.1) is 11.5 Å². The van der Waals surface area contributed by atoms with Crippen LogP contribution in [0.3, 0.4) is 0 Å². The highest BCUT2D eigenvalue weighted by molar-refractivity contribution is 5.43. The van der Waals surface area contributed by atoms with Crippen molar-refractivity contribution in [3.63, 3.8) is 0 Å². The smallest absolute Gasteiger partial charge is 0.331 e. The number of non-ortho nitro benzene ring substituents is 1. The molecule has 1 aliphatic heterocycles. The number of nitro benzene ring substituents is 1. The van der Waals surface area contributed by atoms with Crippen molar-refractivity contribution in [2.45, 2.75) is 26.1 Å². The molecule has 2 heterocycles. The first-order chi connectivity index (χ1) is 19.8. The number of benzene rings is 3. The molecular weight excluding hydrogens is 532 g/mol. The van der Waals surface area contributed by atoms with Gasteiger partial charge in [-0.2, -0.15) is 0 Å². The Morgan fingerprint density at radius 1 is 0.805 bits per heavy atom. The van der Waals surface area contributed by atoms with Crippen LogP contribution in [-0.4, -0.2) is 45.1 Å². The zero-order valence-corrected chi connectivity index (χ0v) is 22.3. The third kappa shape index (κ3) is 6.41. The number of aromatic nitrogens is 2. The quantitative estimate of drug-likeness (QED) is 0.228. The van der Waals surface area contributed by atoms with Crippen molar-refractivity contribution in [3.05, 3.63) is 138 Å². The van der Waals surface area contributed by atoms with Crippen molar-refractivity contribution in [2.24, 2.45) is 0 Å². The number of nitrogens with zero attached hydrogens (tertiary/aromatic N) is 5. The van der Waals surface area contributed by atoms with E-state index >= 15 is 0 Å². The molecule has 1 fully saturated rings. The number of hydrogen-bond acceptors (Lipinski definition) is 6. The highest BCUT2D eigenvalue weighted by Gasteiger charge is 2.23. The van der Waals surface area contributed by atoms with Gasteiger partial charge in [0.15, 0.2) is 0 Å². The molecule has 0 radical (unpaired) electrons. The molecule has 0 atom stereocenters. The first kappa shape index (κ1) is 27.9. The Balaban J connectivity index is 1.41. The molecular formula is C30H29F2N5O4. The van der Waals surface area contributed by atoms with Gasteiger partial charge in [0.1, 0.15) is 17.3 Å². The highest BCUT2D eigenvalue weighted by atomic mass is 19.1. The zero-order valence-electron chi connectivity index (χ0n) is 22.3. The second kappa shape index (κ2) is 12.3. The van der Waals surface area contributed by atoms with Gasteiger partial charge in [0, 0.05) is 63.2 Å². The van der Waals surface area contributed by atoms with Crippen LogP contribution in [0.1, 0.15) is 16.7 Å². The molecule has 0 amide bonds. The van der Waals surface area contributed by atoms with E-state index in [2.05, 4.69) is 4.90 Å². The third-order valence-electron chi connectivity index (χ3n) is 7.32. The lowest BCUT2D eigenvalue weighted by Crippen LogP contribution is -2.50. The predicted octanol–water partition coefficient (Wildman–Crippen LogP) is 3.81. The Morgan fingerprint density at radius 2 is 1.46 bits per heavy atom. The van der Waals surface area contributed by atoms with E-state index in [4.69, 9.17) is 0 Å². The normalized spacial score (nSPS) is 13.9. The minimum Gasteiger partial charge on any atom is -0.363 e. The monoisotopic (exact) mass is 561 g/mol. The summed E-state index contributed by atoms with van der Waals surface area (Å²) in [6.45, 7) is 2.36. The third-order valence-corrected chi connectivity index (χ3v) is 7.32. The van der Waals surface area contributed by atoms with Crippen LogP contribution < -0.4 is 16.1 Å². The van der Waals surface area contributed by atoms with E-state index in [1.165, 1.54) is 22.9 Å². The summed E-state index contributed by atoms with van der Waals surface area (Å²) >= 11 is 0. The average molecular weight is 562 g/mol. The molecule has 1 aliphatic rings. The fourth-order valence-electron chi connectivity index (χ4n) is 5.08. The maximum atomic E-state index is 14.5. The van der Waals surface area contributed by atoms with Crippen LogP contribution in [-0.2, 0) is 26.1 Å². The number of nitro groups is 1. The van der Waals surface area contributed by atoms with Gasteiger partial charge in [0.2, 0.25) is 0 Å². The fraction of sp³-hybridized carbons (Fsp3) is 0.267. The topological polar surface area (TPSA) is 93.6 Å². The van der Waals surface area contributed by atoms with Crippen molar-refractivity contribution in [2.75, 3.05) is 31.1 Å². The van der Waals surface area contributed by atoms with Crippen LogP contribution in [0.5, 0.6) is 0 Å². The first-order valence-corrected chi connectivity index (χ1v) is 13.3. The van der Waals surface area contributed by atoms with Gasteiger partial charge >= 0.3 is 5.69 Å². The second-order valence-corrected chi connectivity index (χ2v) is 10.0. The predicted molar refractivity (Wildman–Crippen MR) is 151 cm³/mol. The number of rotatable bonds is 9. The Morgan fingerprint density at radius 3 is 2.15 bits per heavy atom. The van der Waals surface area contributed by atoms with Crippen LogP contribution in [0.2, 0.25) is 0 Å². The van der Waals surface area contributed by atoms with E-state index in [0.29, 0.717) is 39.1 Å². The van der Waals surface area contributed by atoms with E-state index in [1.807, 2.05) is 41.3 Å². The lowest BCUT2D eigenvalue weighted by Gasteiger charge is -2.36. The summed E-state index contributed by atoms with van der Waals surface area (Å²) < 4.78 is 31.3. The van der Waals surface area contributed by atoms with Gasteiger partial charge in [-0.25, -0.2) is 13.6 Å². The van der Waals surface area contributed by atoms with Crippen LogP contribution in [0.25, 0.3) is 0 Å². The molecule has 5 rings (SSSR count). The van der Waals surface area contributed by atoms with Crippen molar-refractivity contribution in [3.8, 4) is 0 Å². The summed E-state index contributed by atoms with van der Waals surface area (Å²) in [5.41, 5.74) is 0.734. The van der Waals surface area contributed by atoms with E-state index in [1.54, 1.807) is 12.1 Å². The van der Waals surface area contributed by atoms with E-state index in [0.717, 1.165) is 27.8 Å². The van der Waals surface area contributed by atoms with Gasteiger partial charge in [-0.1, -0.05) is 48.5 Å². The van der Waals surface area contributed by atoms with Crippen molar-refractivity contribution in [1.82, 2.24) is 14.0 Å². The Hall–Kier alpha value is -4.64.